The molecule has 2 fully saturated rings. The highest BCUT2D eigenvalue weighted by Crippen LogP contribution is 2.29. The number of hydrogen-bond acceptors (Lipinski definition) is 6. The van der Waals surface area contributed by atoms with Gasteiger partial charge in [-0.3, -0.25) is 29.4 Å². The number of hydrogen-bond donors (Lipinski definition) is 3. The molecule has 8 nitrogen and oxygen atoms in total. The van der Waals surface area contributed by atoms with Crippen LogP contribution < -0.4 is 16.4 Å². The summed E-state index contributed by atoms with van der Waals surface area (Å²) in [4.78, 5) is 50.0. The van der Waals surface area contributed by atoms with Gasteiger partial charge in [-0.25, -0.2) is 0 Å². The number of imide groups is 2. The van der Waals surface area contributed by atoms with Crippen molar-refractivity contribution in [3.05, 3.63) is 34.9 Å². The number of piperidine rings is 1. The molecule has 0 aromatic heterocycles. The van der Waals surface area contributed by atoms with Gasteiger partial charge in [0, 0.05) is 19.0 Å². The molecule has 3 aliphatic rings. The maximum absolute atomic E-state index is 12.8. The first-order valence-corrected chi connectivity index (χ1v) is 10.2. The van der Waals surface area contributed by atoms with Crippen LogP contribution >= 0.6 is 0 Å². The van der Waals surface area contributed by atoms with Crippen LogP contribution in [-0.2, 0) is 16.1 Å². The largest absolute Gasteiger partial charge is 0.328 e. The lowest BCUT2D eigenvalue weighted by Crippen LogP contribution is -2.54. The second-order valence-electron chi connectivity index (χ2n) is 8.23. The van der Waals surface area contributed by atoms with Gasteiger partial charge in [0.1, 0.15) is 6.04 Å². The summed E-state index contributed by atoms with van der Waals surface area (Å²) in [6, 6.07) is 4.61. The molecule has 0 radical (unpaired) electrons. The summed E-state index contributed by atoms with van der Waals surface area (Å²) in [5.41, 5.74) is 7.50. The SMILES string of the molecule is N[C@@H]1CC[C@H](CCNCc2ccc3c(c2)C(=O)N(C2CCC(=O)NC2=O)C3=O)C1. The number of rotatable bonds is 6. The Kier molecular flexibility index (Phi) is 5.47. The van der Waals surface area contributed by atoms with Crippen LogP contribution in [0.5, 0.6) is 0 Å². The predicted molar refractivity (Wildman–Crippen MR) is 105 cm³/mol. The normalized spacial score (nSPS) is 26.8. The third-order valence-electron chi connectivity index (χ3n) is 6.14. The fourth-order valence-corrected chi connectivity index (χ4v) is 4.54. The molecule has 3 atom stereocenters. The molecule has 1 saturated heterocycles. The van der Waals surface area contributed by atoms with Crippen LogP contribution in [-0.4, -0.2) is 47.2 Å². The van der Waals surface area contributed by atoms with Crippen molar-refractivity contribution >= 4 is 23.6 Å². The number of nitrogens with zero attached hydrogens (tertiary/aromatic N) is 1. The lowest BCUT2D eigenvalue weighted by molar-refractivity contribution is -0.136. The second-order valence-corrected chi connectivity index (χ2v) is 8.23. The fourth-order valence-electron chi connectivity index (χ4n) is 4.54. The topological polar surface area (TPSA) is 122 Å². The van der Waals surface area contributed by atoms with Gasteiger partial charge in [0.05, 0.1) is 11.1 Å². The Labute approximate surface area is 169 Å². The molecule has 1 saturated carbocycles. The number of nitrogens with one attached hydrogen (secondary N) is 2. The second kappa shape index (κ2) is 8.04. The lowest BCUT2D eigenvalue weighted by Gasteiger charge is -2.27. The monoisotopic (exact) mass is 398 g/mol. The predicted octanol–water partition coefficient (Wildman–Crippen LogP) is 0.695. The Morgan fingerprint density at radius 2 is 1.86 bits per heavy atom. The van der Waals surface area contributed by atoms with Gasteiger partial charge in [-0.2, -0.15) is 0 Å². The molecule has 4 N–H and O–H groups in total. The van der Waals surface area contributed by atoms with E-state index in [9.17, 15) is 19.2 Å². The number of nitrogens with two attached hydrogens (primary N) is 1. The van der Waals surface area contributed by atoms with Crippen molar-refractivity contribution in [2.24, 2.45) is 11.7 Å². The van der Waals surface area contributed by atoms with E-state index < -0.39 is 23.8 Å². The zero-order valence-corrected chi connectivity index (χ0v) is 16.3. The van der Waals surface area contributed by atoms with Gasteiger partial charge >= 0.3 is 0 Å². The van der Waals surface area contributed by atoms with Crippen molar-refractivity contribution in [1.29, 1.82) is 0 Å². The molecular weight excluding hydrogens is 372 g/mol. The first kappa shape index (κ1) is 19.7. The maximum Gasteiger partial charge on any atom is 0.262 e. The molecule has 1 aliphatic carbocycles. The van der Waals surface area contributed by atoms with Gasteiger partial charge in [0.15, 0.2) is 0 Å². The van der Waals surface area contributed by atoms with Crippen LogP contribution in [0.2, 0.25) is 0 Å². The summed E-state index contributed by atoms with van der Waals surface area (Å²) in [5, 5.41) is 5.60. The fraction of sp³-hybridized carbons (Fsp3) is 0.524. The summed E-state index contributed by atoms with van der Waals surface area (Å²) in [7, 11) is 0. The van der Waals surface area contributed by atoms with Gasteiger partial charge in [0.25, 0.3) is 11.8 Å². The first-order chi connectivity index (χ1) is 13.9. The molecule has 4 rings (SSSR count). The first-order valence-electron chi connectivity index (χ1n) is 10.2. The van der Waals surface area contributed by atoms with Gasteiger partial charge in [-0.1, -0.05) is 6.07 Å². The molecule has 0 spiro atoms. The van der Waals surface area contributed by atoms with Crippen molar-refractivity contribution in [3.8, 4) is 0 Å². The number of carbonyl (C=O) groups excluding carboxylic acids is 4. The molecule has 29 heavy (non-hydrogen) atoms. The highest BCUT2D eigenvalue weighted by molar-refractivity contribution is 6.23. The summed E-state index contributed by atoms with van der Waals surface area (Å²) in [6.45, 7) is 1.48. The number of fused-ring (bicyclic) bond motifs is 1. The highest BCUT2D eigenvalue weighted by Gasteiger charge is 2.44. The molecule has 1 unspecified atom stereocenters. The zero-order chi connectivity index (χ0) is 20.5. The third kappa shape index (κ3) is 3.95. The molecule has 8 heteroatoms. The Hall–Kier alpha value is -2.58. The van der Waals surface area contributed by atoms with E-state index in [0.29, 0.717) is 29.6 Å². The standard InChI is InChI=1S/C21H26N4O4/c22-14-3-1-12(9-14)7-8-23-11-13-2-4-15-16(10-13)21(29)25(20(15)28)17-5-6-18(26)24-19(17)27/h2,4,10,12,14,17,23H,1,3,5-9,11,22H2,(H,24,26,27)/t12-,14-,17?/m1/s1. The van der Waals surface area contributed by atoms with Crippen LogP contribution in [0.25, 0.3) is 0 Å². The van der Waals surface area contributed by atoms with E-state index in [4.69, 9.17) is 5.73 Å². The maximum atomic E-state index is 12.8. The lowest BCUT2D eigenvalue weighted by atomic mass is 10.0. The summed E-state index contributed by atoms with van der Waals surface area (Å²) in [5.74, 6) is -1.24. The van der Waals surface area contributed by atoms with E-state index in [1.54, 1.807) is 12.1 Å². The van der Waals surface area contributed by atoms with E-state index in [1.807, 2.05) is 6.07 Å². The van der Waals surface area contributed by atoms with Crippen molar-refractivity contribution in [2.75, 3.05) is 6.54 Å². The minimum atomic E-state index is -0.931. The molecule has 1 aromatic rings. The molecule has 1 aromatic carbocycles. The van der Waals surface area contributed by atoms with E-state index in [1.165, 1.54) is 6.42 Å². The van der Waals surface area contributed by atoms with Crippen molar-refractivity contribution in [2.45, 2.75) is 57.2 Å². The Balaban J connectivity index is 1.38. The summed E-state index contributed by atoms with van der Waals surface area (Å²) >= 11 is 0. The Morgan fingerprint density at radius 3 is 2.59 bits per heavy atom. The molecule has 2 aliphatic heterocycles. The Bertz CT molecular complexity index is 868. The van der Waals surface area contributed by atoms with Crippen molar-refractivity contribution < 1.29 is 19.2 Å². The molecule has 154 valence electrons. The van der Waals surface area contributed by atoms with E-state index in [-0.39, 0.29) is 18.7 Å². The third-order valence-corrected chi connectivity index (χ3v) is 6.14. The number of carbonyl (C=O) groups is 4. The quantitative estimate of drug-likeness (QED) is 0.479. The van der Waals surface area contributed by atoms with Gasteiger partial charge in [-0.05, 0) is 62.3 Å². The van der Waals surface area contributed by atoms with E-state index in [0.717, 1.165) is 36.3 Å². The molecule has 2 heterocycles. The van der Waals surface area contributed by atoms with Gasteiger partial charge in [0.2, 0.25) is 11.8 Å². The van der Waals surface area contributed by atoms with Gasteiger partial charge < -0.3 is 11.1 Å². The van der Waals surface area contributed by atoms with Crippen molar-refractivity contribution in [1.82, 2.24) is 15.5 Å². The van der Waals surface area contributed by atoms with Gasteiger partial charge in [-0.15, -0.1) is 0 Å². The van der Waals surface area contributed by atoms with E-state index >= 15 is 0 Å². The molecule has 0 bridgehead atoms. The number of amides is 4. The average Bonchev–Trinajstić information content (AvgIpc) is 3.21. The zero-order valence-electron chi connectivity index (χ0n) is 16.3. The van der Waals surface area contributed by atoms with Crippen LogP contribution in [0.4, 0.5) is 0 Å². The summed E-state index contributed by atoms with van der Waals surface area (Å²) < 4.78 is 0. The number of benzene rings is 1. The van der Waals surface area contributed by atoms with E-state index in [2.05, 4.69) is 10.6 Å². The average molecular weight is 398 g/mol. The van der Waals surface area contributed by atoms with Crippen molar-refractivity contribution in [3.63, 3.8) is 0 Å². The highest BCUT2D eigenvalue weighted by atomic mass is 16.2. The van der Waals surface area contributed by atoms with Crippen LogP contribution in [0.3, 0.4) is 0 Å². The van der Waals surface area contributed by atoms with Crippen LogP contribution in [0.1, 0.15) is 64.8 Å². The summed E-state index contributed by atoms with van der Waals surface area (Å²) in [6.07, 6.45) is 4.75. The molecule has 4 amide bonds. The Morgan fingerprint density at radius 1 is 1.07 bits per heavy atom. The minimum Gasteiger partial charge on any atom is -0.328 e. The molecular formula is C21H26N4O4. The van der Waals surface area contributed by atoms with Crippen LogP contribution in [0, 0.1) is 5.92 Å². The van der Waals surface area contributed by atoms with Crippen LogP contribution in [0.15, 0.2) is 18.2 Å². The minimum absolute atomic E-state index is 0.116. The smallest absolute Gasteiger partial charge is 0.262 e.